The first-order valence-electron chi connectivity index (χ1n) is 6.07. The molecule has 3 rings (SSSR count). The summed E-state index contributed by atoms with van der Waals surface area (Å²) in [6, 6.07) is 11.5. The van der Waals surface area contributed by atoms with Gasteiger partial charge in [0.2, 0.25) is 0 Å². The highest BCUT2D eigenvalue weighted by molar-refractivity contribution is 6.06. The highest BCUT2D eigenvalue weighted by Crippen LogP contribution is 2.24. The molecule has 3 aromatic rings. The highest BCUT2D eigenvalue weighted by Gasteiger charge is 2.15. The van der Waals surface area contributed by atoms with Crippen molar-refractivity contribution in [3.63, 3.8) is 0 Å². The van der Waals surface area contributed by atoms with Crippen LogP contribution in [0.1, 0.15) is 5.56 Å². The molecule has 0 bridgehead atoms. The molecule has 6 nitrogen and oxygen atoms in total. The molecule has 6 heteroatoms. The van der Waals surface area contributed by atoms with Crippen molar-refractivity contribution in [3.8, 4) is 11.4 Å². The molecule has 0 amide bonds. The Labute approximate surface area is 115 Å². The molecular weight excluding hydrogens is 254 g/mol. The minimum Gasteiger partial charge on any atom is -0.409 e. The van der Waals surface area contributed by atoms with Crippen molar-refractivity contribution in [1.29, 1.82) is 0 Å². The molecule has 1 aromatic carbocycles. The van der Waals surface area contributed by atoms with Crippen LogP contribution in [-0.4, -0.2) is 25.6 Å². The van der Waals surface area contributed by atoms with Crippen molar-refractivity contribution in [1.82, 2.24) is 14.5 Å². The van der Waals surface area contributed by atoms with Gasteiger partial charge in [0.25, 0.3) is 0 Å². The number of benzene rings is 1. The maximum atomic E-state index is 8.88. The average Bonchev–Trinajstić information content (AvgIpc) is 2.85. The van der Waals surface area contributed by atoms with E-state index in [0.717, 1.165) is 16.9 Å². The Morgan fingerprint density at radius 1 is 1.25 bits per heavy atom. The Balaban J connectivity index is 2.31. The molecule has 0 atom stereocenters. The van der Waals surface area contributed by atoms with Gasteiger partial charge in [-0.15, -0.1) is 0 Å². The van der Waals surface area contributed by atoms with E-state index < -0.39 is 0 Å². The number of oxime groups is 1. The topological polar surface area (TPSA) is 89.3 Å². The minimum atomic E-state index is 0.0417. The van der Waals surface area contributed by atoms with Crippen molar-refractivity contribution in [2.24, 2.45) is 17.9 Å². The van der Waals surface area contributed by atoms with Gasteiger partial charge in [0.05, 0.1) is 5.52 Å². The summed E-state index contributed by atoms with van der Waals surface area (Å²) in [5, 5.41) is 11.9. The molecule has 100 valence electrons. The summed E-state index contributed by atoms with van der Waals surface area (Å²) in [6.07, 6.45) is 1.59. The first-order chi connectivity index (χ1) is 9.72. The zero-order chi connectivity index (χ0) is 14.1. The number of nitrogens with two attached hydrogens (primary N) is 1. The Morgan fingerprint density at radius 2 is 2.00 bits per heavy atom. The maximum Gasteiger partial charge on any atom is 0.179 e. The summed E-state index contributed by atoms with van der Waals surface area (Å²) in [5.41, 5.74) is 8.60. The van der Waals surface area contributed by atoms with Crippen LogP contribution in [-0.2, 0) is 7.05 Å². The quantitative estimate of drug-likeness (QED) is 0.320. The number of rotatable bonds is 2. The van der Waals surface area contributed by atoms with Crippen LogP contribution < -0.4 is 5.73 Å². The maximum absolute atomic E-state index is 8.88. The van der Waals surface area contributed by atoms with Crippen molar-refractivity contribution < 1.29 is 5.21 Å². The van der Waals surface area contributed by atoms with Crippen LogP contribution in [0.4, 0.5) is 0 Å². The number of amidine groups is 1. The normalized spacial score (nSPS) is 11.9. The van der Waals surface area contributed by atoms with Gasteiger partial charge in [0.1, 0.15) is 5.82 Å². The molecule has 0 spiro atoms. The van der Waals surface area contributed by atoms with Gasteiger partial charge < -0.3 is 15.5 Å². The van der Waals surface area contributed by atoms with Crippen LogP contribution in [0.5, 0.6) is 0 Å². The van der Waals surface area contributed by atoms with E-state index in [0.29, 0.717) is 11.2 Å². The van der Waals surface area contributed by atoms with Gasteiger partial charge in [-0.25, -0.2) is 9.97 Å². The Hall–Kier alpha value is -2.89. The van der Waals surface area contributed by atoms with Gasteiger partial charge in [0, 0.05) is 24.4 Å². The van der Waals surface area contributed by atoms with Gasteiger partial charge >= 0.3 is 0 Å². The lowest BCUT2D eigenvalue weighted by atomic mass is 10.2. The summed E-state index contributed by atoms with van der Waals surface area (Å²) in [5.74, 6) is 0.825. The van der Waals surface area contributed by atoms with E-state index in [-0.39, 0.29) is 5.84 Å². The summed E-state index contributed by atoms with van der Waals surface area (Å²) in [7, 11) is 1.88. The van der Waals surface area contributed by atoms with Crippen LogP contribution in [0.15, 0.2) is 47.8 Å². The summed E-state index contributed by atoms with van der Waals surface area (Å²) < 4.78 is 1.89. The number of pyridine rings is 1. The van der Waals surface area contributed by atoms with Crippen molar-refractivity contribution in [2.75, 3.05) is 0 Å². The molecule has 2 heterocycles. The van der Waals surface area contributed by atoms with Gasteiger partial charge in [-0.05, 0) is 6.07 Å². The van der Waals surface area contributed by atoms with E-state index in [1.165, 1.54) is 0 Å². The Bertz CT molecular complexity index is 792. The third kappa shape index (κ3) is 1.78. The van der Waals surface area contributed by atoms with Crippen LogP contribution in [0, 0.1) is 0 Å². The number of aromatic nitrogens is 3. The Morgan fingerprint density at radius 3 is 2.70 bits per heavy atom. The van der Waals surface area contributed by atoms with Crippen LogP contribution in [0.3, 0.4) is 0 Å². The molecule has 20 heavy (non-hydrogen) atoms. The molecule has 0 aliphatic carbocycles. The Kier molecular flexibility index (Phi) is 2.83. The second kappa shape index (κ2) is 4.65. The molecule has 0 radical (unpaired) electrons. The second-order valence-corrected chi connectivity index (χ2v) is 4.38. The fourth-order valence-electron chi connectivity index (χ4n) is 2.24. The lowest BCUT2D eigenvalue weighted by Crippen LogP contribution is -2.14. The van der Waals surface area contributed by atoms with E-state index in [1.54, 1.807) is 12.3 Å². The number of fused-ring (bicyclic) bond motifs is 1. The third-order valence-electron chi connectivity index (χ3n) is 3.19. The molecule has 0 saturated carbocycles. The van der Waals surface area contributed by atoms with Gasteiger partial charge in [-0.3, -0.25) is 0 Å². The predicted molar refractivity (Wildman–Crippen MR) is 76.5 cm³/mol. The fourth-order valence-corrected chi connectivity index (χ4v) is 2.24. The zero-order valence-electron chi connectivity index (χ0n) is 10.9. The summed E-state index contributed by atoms with van der Waals surface area (Å²) >= 11 is 0. The van der Waals surface area contributed by atoms with Gasteiger partial charge in [-0.1, -0.05) is 35.5 Å². The lowest BCUT2D eigenvalue weighted by Gasteiger charge is -2.05. The molecule has 0 aliphatic rings. The molecule has 0 saturated heterocycles. The first kappa shape index (κ1) is 12.2. The minimum absolute atomic E-state index is 0.0417. The SMILES string of the molecule is Cn1c(-c2ccccc2)nc2nccc(/C(N)=N/O)c21. The van der Waals surface area contributed by atoms with Crippen LogP contribution in [0.25, 0.3) is 22.6 Å². The fraction of sp³-hybridized carbons (Fsp3) is 0.0714. The van der Waals surface area contributed by atoms with Crippen LogP contribution in [0.2, 0.25) is 0 Å². The molecule has 3 N–H and O–H groups in total. The average molecular weight is 267 g/mol. The smallest absolute Gasteiger partial charge is 0.179 e. The number of hydrogen-bond donors (Lipinski definition) is 2. The molecule has 0 fully saturated rings. The summed E-state index contributed by atoms with van der Waals surface area (Å²) in [4.78, 5) is 8.76. The molecule has 0 unspecified atom stereocenters. The van der Waals surface area contributed by atoms with E-state index in [9.17, 15) is 0 Å². The molecule has 2 aromatic heterocycles. The molecular formula is C14H13N5O. The van der Waals surface area contributed by atoms with E-state index >= 15 is 0 Å². The van der Waals surface area contributed by atoms with Crippen molar-refractivity contribution in [3.05, 3.63) is 48.2 Å². The number of nitrogens with zero attached hydrogens (tertiary/aromatic N) is 4. The van der Waals surface area contributed by atoms with Crippen molar-refractivity contribution >= 4 is 17.0 Å². The monoisotopic (exact) mass is 267 g/mol. The summed E-state index contributed by atoms with van der Waals surface area (Å²) in [6.45, 7) is 0. The van der Waals surface area contributed by atoms with E-state index in [1.807, 2.05) is 41.9 Å². The zero-order valence-corrected chi connectivity index (χ0v) is 10.9. The highest BCUT2D eigenvalue weighted by atomic mass is 16.4. The third-order valence-corrected chi connectivity index (χ3v) is 3.19. The standard InChI is InChI=1S/C14H13N5O/c1-19-11-10(12(15)18-20)7-8-16-13(11)17-14(19)9-5-3-2-4-6-9/h2-8,20H,1H3,(H2,15,18). The lowest BCUT2D eigenvalue weighted by molar-refractivity contribution is 0.318. The first-order valence-corrected chi connectivity index (χ1v) is 6.07. The van der Waals surface area contributed by atoms with Crippen molar-refractivity contribution in [2.45, 2.75) is 0 Å². The number of hydrogen-bond acceptors (Lipinski definition) is 4. The predicted octanol–water partition coefficient (Wildman–Crippen LogP) is 1.73. The van der Waals surface area contributed by atoms with Crippen LogP contribution >= 0.6 is 0 Å². The van der Waals surface area contributed by atoms with Gasteiger partial charge in [-0.2, -0.15) is 0 Å². The largest absolute Gasteiger partial charge is 0.409 e. The van der Waals surface area contributed by atoms with E-state index in [2.05, 4.69) is 15.1 Å². The number of imidazole rings is 1. The second-order valence-electron chi connectivity index (χ2n) is 4.38. The molecule has 0 aliphatic heterocycles. The van der Waals surface area contributed by atoms with E-state index in [4.69, 9.17) is 10.9 Å². The van der Waals surface area contributed by atoms with Gasteiger partial charge in [0.15, 0.2) is 11.5 Å². The number of aryl methyl sites for hydroxylation is 1.